The fourth-order valence-corrected chi connectivity index (χ4v) is 4.39. The second-order valence-electron chi connectivity index (χ2n) is 4.76. The molecule has 3 rings (SSSR count). The van der Waals surface area contributed by atoms with Crippen LogP contribution in [0.5, 0.6) is 0 Å². The molecule has 3 atom stereocenters. The maximum Gasteiger partial charge on any atom is 0.142 e. The Morgan fingerprint density at radius 1 is 1.56 bits per heavy atom. The molecular formula is C12H14BrNOS. The summed E-state index contributed by atoms with van der Waals surface area (Å²) in [4.78, 5) is 13.3. The number of carbonyl (C=O) groups is 1. The largest absolute Gasteiger partial charge is 0.310 e. The fourth-order valence-electron chi connectivity index (χ4n) is 2.93. The van der Waals surface area contributed by atoms with Gasteiger partial charge in [0.25, 0.3) is 0 Å². The van der Waals surface area contributed by atoms with Gasteiger partial charge < -0.3 is 5.32 Å². The number of ketones is 1. The molecular weight excluding hydrogens is 286 g/mol. The van der Waals surface area contributed by atoms with Crippen LogP contribution in [-0.2, 0) is 11.2 Å². The van der Waals surface area contributed by atoms with E-state index in [0.717, 1.165) is 10.9 Å². The molecule has 0 aromatic carbocycles. The lowest BCUT2D eigenvalue weighted by Gasteiger charge is -2.18. The predicted octanol–water partition coefficient (Wildman–Crippen LogP) is 2.76. The van der Waals surface area contributed by atoms with Gasteiger partial charge in [0, 0.05) is 39.2 Å². The summed E-state index contributed by atoms with van der Waals surface area (Å²) in [6.07, 6.45) is 4.14. The number of rotatable bonds is 3. The molecule has 3 heterocycles. The quantitative estimate of drug-likeness (QED) is 0.930. The van der Waals surface area contributed by atoms with Gasteiger partial charge in [0.15, 0.2) is 0 Å². The molecule has 3 unspecified atom stereocenters. The number of hydrogen-bond donors (Lipinski definition) is 1. The molecule has 4 heteroatoms. The maximum atomic E-state index is 12.2. The lowest BCUT2D eigenvalue weighted by Crippen LogP contribution is -2.29. The Bertz CT molecular complexity index is 417. The second-order valence-corrected chi connectivity index (χ2v) is 6.68. The predicted molar refractivity (Wildman–Crippen MR) is 68.8 cm³/mol. The lowest BCUT2D eigenvalue weighted by atomic mass is 9.85. The highest BCUT2D eigenvalue weighted by molar-refractivity contribution is 9.10. The summed E-state index contributed by atoms with van der Waals surface area (Å²) >= 11 is 5.09. The molecule has 16 heavy (non-hydrogen) atoms. The normalized spacial score (nSPS) is 32.2. The van der Waals surface area contributed by atoms with Crippen molar-refractivity contribution in [1.82, 2.24) is 5.32 Å². The summed E-state index contributed by atoms with van der Waals surface area (Å²) in [5, 5.41) is 5.57. The van der Waals surface area contributed by atoms with Gasteiger partial charge >= 0.3 is 0 Å². The van der Waals surface area contributed by atoms with Gasteiger partial charge in [-0.3, -0.25) is 4.79 Å². The van der Waals surface area contributed by atoms with Crippen molar-refractivity contribution in [2.75, 3.05) is 0 Å². The first-order valence-corrected chi connectivity index (χ1v) is 7.41. The molecule has 0 spiro atoms. The van der Waals surface area contributed by atoms with Gasteiger partial charge in [-0.1, -0.05) is 0 Å². The Morgan fingerprint density at radius 3 is 3.00 bits per heavy atom. The summed E-state index contributed by atoms with van der Waals surface area (Å²) in [6.45, 7) is 0. The van der Waals surface area contributed by atoms with E-state index in [0.29, 0.717) is 24.3 Å². The smallest absolute Gasteiger partial charge is 0.142 e. The first kappa shape index (κ1) is 10.9. The highest BCUT2D eigenvalue weighted by Crippen LogP contribution is 2.34. The third-order valence-corrected chi connectivity index (χ3v) is 5.38. The van der Waals surface area contributed by atoms with E-state index in [9.17, 15) is 4.79 Å². The summed E-state index contributed by atoms with van der Waals surface area (Å²) in [7, 11) is 0. The molecule has 0 radical (unpaired) electrons. The molecule has 2 fully saturated rings. The van der Waals surface area contributed by atoms with Crippen LogP contribution in [0, 0.1) is 5.92 Å². The average Bonchev–Trinajstić information content (AvgIpc) is 2.93. The molecule has 2 aliphatic rings. The fraction of sp³-hybridized carbons (Fsp3) is 0.583. The molecule has 2 bridgehead atoms. The van der Waals surface area contributed by atoms with Crippen LogP contribution in [0.25, 0.3) is 0 Å². The minimum atomic E-state index is 0.277. The maximum absolute atomic E-state index is 12.2. The molecule has 2 saturated heterocycles. The molecule has 1 aromatic heterocycles. The molecule has 1 N–H and O–H groups in total. The van der Waals surface area contributed by atoms with Crippen molar-refractivity contribution in [2.24, 2.45) is 5.92 Å². The van der Waals surface area contributed by atoms with Gasteiger partial charge in [-0.2, -0.15) is 0 Å². The van der Waals surface area contributed by atoms with Crippen molar-refractivity contribution >= 4 is 33.0 Å². The van der Waals surface area contributed by atoms with Gasteiger partial charge in [-0.25, -0.2) is 0 Å². The zero-order valence-electron chi connectivity index (χ0n) is 8.91. The van der Waals surface area contributed by atoms with Crippen molar-refractivity contribution in [2.45, 2.75) is 37.8 Å². The van der Waals surface area contributed by atoms with Crippen molar-refractivity contribution in [3.8, 4) is 0 Å². The van der Waals surface area contributed by atoms with Gasteiger partial charge in [0.2, 0.25) is 0 Å². The molecule has 2 nitrogen and oxygen atoms in total. The molecule has 0 amide bonds. The SMILES string of the molecule is O=C(Cc1cc(Br)cs1)C1CC2CCC1N2. The van der Waals surface area contributed by atoms with E-state index in [4.69, 9.17) is 0 Å². The third kappa shape index (κ3) is 1.98. The van der Waals surface area contributed by atoms with Crippen LogP contribution in [0.1, 0.15) is 24.1 Å². The van der Waals surface area contributed by atoms with E-state index in [1.54, 1.807) is 11.3 Å². The molecule has 2 aliphatic heterocycles. The van der Waals surface area contributed by atoms with Crippen LogP contribution >= 0.6 is 27.3 Å². The summed E-state index contributed by atoms with van der Waals surface area (Å²) < 4.78 is 1.09. The average molecular weight is 300 g/mol. The van der Waals surface area contributed by atoms with Crippen molar-refractivity contribution in [3.05, 3.63) is 20.8 Å². The van der Waals surface area contributed by atoms with E-state index in [2.05, 4.69) is 27.3 Å². The Labute approximate surface area is 108 Å². The number of hydrogen-bond acceptors (Lipinski definition) is 3. The zero-order valence-corrected chi connectivity index (χ0v) is 11.3. The molecule has 0 aliphatic carbocycles. The Morgan fingerprint density at radius 2 is 2.44 bits per heavy atom. The number of halogens is 1. The Balaban J connectivity index is 1.65. The van der Waals surface area contributed by atoms with Crippen LogP contribution in [0.15, 0.2) is 15.9 Å². The highest BCUT2D eigenvalue weighted by Gasteiger charge is 2.42. The van der Waals surface area contributed by atoms with Crippen LogP contribution in [0.2, 0.25) is 0 Å². The number of fused-ring (bicyclic) bond motifs is 2. The lowest BCUT2D eigenvalue weighted by molar-refractivity contribution is -0.122. The third-order valence-electron chi connectivity index (χ3n) is 3.68. The summed E-state index contributed by atoms with van der Waals surface area (Å²) in [6, 6.07) is 3.15. The number of nitrogens with one attached hydrogen (secondary N) is 1. The first-order chi connectivity index (χ1) is 7.72. The number of thiophene rings is 1. The minimum Gasteiger partial charge on any atom is -0.310 e. The summed E-state index contributed by atoms with van der Waals surface area (Å²) in [5.41, 5.74) is 0. The summed E-state index contributed by atoms with van der Waals surface area (Å²) in [5.74, 6) is 0.702. The zero-order chi connectivity index (χ0) is 11.1. The van der Waals surface area contributed by atoms with E-state index < -0.39 is 0 Å². The monoisotopic (exact) mass is 299 g/mol. The van der Waals surface area contributed by atoms with Crippen molar-refractivity contribution < 1.29 is 4.79 Å². The molecule has 86 valence electrons. The van der Waals surface area contributed by atoms with Gasteiger partial charge in [0.05, 0.1) is 0 Å². The van der Waals surface area contributed by atoms with E-state index in [1.807, 2.05) is 5.38 Å². The van der Waals surface area contributed by atoms with E-state index >= 15 is 0 Å². The van der Waals surface area contributed by atoms with Gasteiger partial charge in [-0.15, -0.1) is 11.3 Å². The number of Topliss-reactive ketones (excluding diaryl/α,β-unsaturated/α-hetero) is 1. The molecule has 0 saturated carbocycles. The Hall–Kier alpha value is -0.190. The number of carbonyl (C=O) groups excluding carboxylic acids is 1. The van der Waals surface area contributed by atoms with Crippen LogP contribution in [0.4, 0.5) is 0 Å². The second kappa shape index (κ2) is 4.24. The van der Waals surface area contributed by atoms with Crippen LogP contribution in [0.3, 0.4) is 0 Å². The first-order valence-electron chi connectivity index (χ1n) is 5.74. The topological polar surface area (TPSA) is 29.1 Å². The van der Waals surface area contributed by atoms with Crippen molar-refractivity contribution in [3.63, 3.8) is 0 Å². The van der Waals surface area contributed by atoms with Crippen molar-refractivity contribution in [1.29, 1.82) is 0 Å². The van der Waals surface area contributed by atoms with E-state index in [1.165, 1.54) is 17.7 Å². The van der Waals surface area contributed by atoms with E-state index in [-0.39, 0.29) is 5.92 Å². The standard InChI is InChI=1S/C12H14BrNOS/c13-7-3-9(16-6-7)5-12(15)10-4-8-1-2-11(10)14-8/h3,6,8,10-11,14H,1-2,4-5H2. The van der Waals surface area contributed by atoms with Crippen LogP contribution in [-0.4, -0.2) is 17.9 Å². The highest BCUT2D eigenvalue weighted by atomic mass is 79.9. The van der Waals surface area contributed by atoms with Gasteiger partial charge in [0.1, 0.15) is 5.78 Å². The Kier molecular flexibility index (Phi) is 2.90. The molecule has 1 aromatic rings. The minimum absolute atomic E-state index is 0.277. The van der Waals surface area contributed by atoms with Gasteiger partial charge in [-0.05, 0) is 41.3 Å². The van der Waals surface area contributed by atoms with Crippen LogP contribution < -0.4 is 5.32 Å².